The van der Waals surface area contributed by atoms with Gasteiger partial charge < -0.3 is 0 Å². The lowest BCUT2D eigenvalue weighted by molar-refractivity contribution is 0.194. The Bertz CT molecular complexity index is 747. The number of hydrogen-bond acceptors (Lipinski definition) is 4. The lowest BCUT2D eigenvalue weighted by atomic mass is 9.70. The first-order valence-corrected chi connectivity index (χ1v) is 9.23. The predicted molar refractivity (Wildman–Crippen MR) is 97.8 cm³/mol. The van der Waals surface area contributed by atoms with E-state index in [1.54, 1.807) is 11.3 Å². The van der Waals surface area contributed by atoms with Gasteiger partial charge in [-0.15, -0.1) is 11.3 Å². The number of hydrazone groups is 1. The third-order valence-corrected chi connectivity index (χ3v) is 7.12. The van der Waals surface area contributed by atoms with Crippen LogP contribution in [-0.2, 0) is 0 Å². The molecule has 0 radical (unpaired) electrons. The maximum Gasteiger partial charge on any atom is 0.203 e. The number of aromatic nitrogens is 1. The second kappa shape index (κ2) is 5.17. The van der Waals surface area contributed by atoms with E-state index >= 15 is 0 Å². The van der Waals surface area contributed by atoms with E-state index in [1.807, 2.05) is 18.2 Å². The highest BCUT2D eigenvalue weighted by Gasteiger charge is 2.59. The van der Waals surface area contributed by atoms with Crippen molar-refractivity contribution in [1.29, 1.82) is 0 Å². The van der Waals surface area contributed by atoms with E-state index in [0.717, 1.165) is 28.7 Å². The minimum absolute atomic E-state index is 0.240. The molecule has 0 unspecified atom stereocenters. The molecule has 2 aromatic rings. The molecule has 3 nitrogen and oxygen atoms in total. The maximum atomic E-state index is 4.77. The van der Waals surface area contributed by atoms with Crippen molar-refractivity contribution in [3.63, 3.8) is 0 Å². The standard InChI is InChI=1S/C19H23N3S/c1-18(2)14-9-10-19(18,3)16(11-14)21-22-17-20-15(12-23-17)13-7-5-4-6-8-13/h4-8,12,14H,9-11H2,1-3H3,(H,20,22)/b21-16+/t14-,19-/m1/s1. The van der Waals surface area contributed by atoms with E-state index in [2.05, 4.69) is 48.7 Å². The van der Waals surface area contributed by atoms with Crippen LogP contribution in [0.1, 0.15) is 40.0 Å². The van der Waals surface area contributed by atoms with Crippen LogP contribution in [0.5, 0.6) is 0 Å². The lowest BCUT2D eigenvalue weighted by Gasteiger charge is -2.34. The van der Waals surface area contributed by atoms with Gasteiger partial charge in [0, 0.05) is 22.1 Å². The summed E-state index contributed by atoms with van der Waals surface area (Å²) in [6, 6.07) is 10.3. The van der Waals surface area contributed by atoms with Crippen molar-refractivity contribution in [2.45, 2.75) is 40.0 Å². The molecule has 1 N–H and O–H groups in total. The Morgan fingerprint density at radius 3 is 2.65 bits per heavy atom. The smallest absolute Gasteiger partial charge is 0.203 e. The average Bonchev–Trinajstić information content (AvgIpc) is 3.16. The fourth-order valence-corrected chi connectivity index (χ4v) is 4.94. The van der Waals surface area contributed by atoms with Crippen molar-refractivity contribution >= 4 is 22.2 Å². The number of anilines is 1. The van der Waals surface area contributed by atoms with Crippen LogP contribution in [0.4, 0.5) is 5.13 Å². The Hall–Kier alpha value is -1.68. The van der Waals surface area contributed by atoms with Crippen LogP contribution < -0.4 is 5.43 Å². The van der Waals surface area contributed by atoms with Gasteiger partial charge in [0.1, 0.15) is 0 Å². The molecule has 4 heteroatoms. The Morgan fingerprint density at radius 2 is 2.00 bits per heavy atom. The quantitative estimate of drug-likeness (QED) is 0.765. The SMILES string of the molecule is CC1(C)[C@@H]2CC[C@]1(C)/C(=N/Nc1nc(-c3ccccc3)cs1)C2. The van der Waals surface area contributed by atoms with E-state index < -0.39 is 0 Å². The van der Waals surface area contributed by atoms with Crippen molar-refractivity contribution < 1.29 is 0 Å². The third-order valence-electron chi connectivity index (χ3n) is 6.37. The Morgan fingerprint density at radius 1 is 1.22 bits per heavy atom. The predicted octanol–water partition coefficient (Wildman–Crippen LogP) is 5.42. The minimum Gasteiger partial charge on any atom is -0.253 e. The number of nitrogens with one attached hydrogen (secondary N) is 1. The zero-order valence-electron chi connectivity index (χ0n) is 14.0. The summed E-state index contributed by atoms with van der Waals surface area (Å²) < 4.78 is 0. The lowest BCUT2D eigenvalue weighted by Crippen LogP contribution is -2.32. The molecule has 23 heavy (non-hydrogen) atoms. The fourth-order valence-electron chi connectivity index (χ4n) is 4.28. The van der Waals surface area contributed by atoms with Crippen LogP contribution in [0.15, 0.2) is 40.8 Å². The van der Waals surface area contributed by atoms with E-state index in [1.165, 1.54) is 18.6 Å². The number of hydrogen-bond donors (Lipinski definition) is 1. The summed E-state index contributed by atoms with van der Waals surface area (Å²) in [5, 5.41) is 7.73. The van der Waals surface area contributed by atoms with Gasteiger partial charge in [-0.1, -0.05) is 51.1 Å². The van der Waals surface area contributed by atoms with Gasteiger partial charge in [-0.05, 0) is 30.6 Å². The van der Waals surface area contributed by atoms with Crippen molar-refractivity contribution in [2.24, 2.45) is 21.8 Å². The molecule has 0 spiro atoms. The van der Waals surface area contributed by atoms with E-state index in [-0.39, 0.29) is 5.41 Å². The topological polar surface area (TPSA) is 37.3 Å². The van der Waals surface area contributed by atoms with Crippen LogP contribution in [0.25, 0.3) is 11.3 Å². The highest BCUT2D eigenvalue weighted by molar-refractivity contribution is 7.14. The Labute approximate surface area is 141 Å². The highest BCUT2D eigenvalue weighted by Crippen LogP contribution is 2.63. The number of rotatable bonds is 3. The van der Waals surface area contributed by atoms with Crippen molar-refractivity contribution in [2.75, 3.05) is 5.43 Å². The van der Waals surface area contributed by atoms with Crippen LogP contribution in [-0.4, -0.2) is 10.7 Å². The molecule has 2 aliphatic carbocycles. The largest absolute Gasteiger partial charge is 0.253 e. The first-order valence-electron chi connectivity index (χ1n) is 8.35. The van der Waals surface area contributed by atoms with Crippen LogP contribution >= 0.6 is 11.3 Å². The molecule has 1 aromatic heterocycles. The molecule has 2 aliphatic rings. The molecule has 0 aliphatic heterocycles. The summed E-state index contributed by atoms with van der Waals surface area (Å²) in [5.74, 6) is 0.782. The summed E-state index contributed by atoms with van der Waals surface area (Å²) in [4.78, 5) is 4.66. The molecular weight excluding hydrogens is 302 g/mol. The van der Waals surface area contributed by atoms with Crippen LogP contribution in [0.3, 0.4) is 0 Å². The molecule has 1 aromatic carbocycles. The van der Waals surface area contributed by atoms with E-state index in [9.17, 15) is 0 Å². The number of benzene rings is 1. The van der Waals surface area contributed by atoms with Crippen LogP contribution in [0.2, 0.25) is 0 Å². The molecule has 2 saturated carbocycles. The van der Waals surface area contributed by atoms with Gasteiger partial charge in [0.2, 0.25) is 5.13 Å². The zero-order chi connectivity index (χ0) is 16.1. The normalized spacial score (nSPS) is 30.0. The molecule has 120 valence electrons. The second-order valence-electron chi connectivity index (χ2n) is 7.57. The van der Waals surface area contributed by atoms with Crippen molar-refractivity contribution in [3.8, 4) is 11.3 Å². The number of fused-ring (bicyclic) bond motifs is 2. The molecule has 4 rings (SSSR count). The van der Waals surface area contributed by atoms with Crippen molar-refractivity contribution in [1.82, 2.24) is 4.98 Å². The number of thiazole rings is 1. The molecule has 2 bridgehead atoms. The monoisotopic (exact) mass is 325 g/mol. The average molecular weight is 325 g/mol. The van der Waals surface area contributed by atoms with Crippen molar-refractivity contribution in [3.05, 3.63) is 35.7 Å². The molecule has 1 heterocycles. The Kier molecular flexibility index (Phi) is 3.34. The number of nitrogens with zero attached hydrogens (tertiary/aromatic N) is 2. The van der Waals surface area contributed by atoms with E-state index in [0.29, 0.717) is 5.41 Å². The molecule has 0 amide bonds. The van der Waals surface area contributed by atoms with Gasteiger partial charge in [-0.2, -0.15) is 5.10 Å². The van der Waals surface area contributed by atoms with Gasteiger partial charge in [0.15, 0.2) is 0 Å². The van der Waals surface area contributed by atoms with Crippen LogP contribution in [0, 0.1) is 16.7 Å². The maximum absolute atomic E-state index is 4.77. The van der Waals surface area contributed by atoms with Gasteiger partial charge in [-0.3, -0.25) is 5.43 Å². The summed E-state index contributed by atoms with van der Waals surface area (Å²) in [5.41, 5.74) is 7.32. The first-order chi connectivity index (χ1) is 11.0. The molecule has 0 saturated heterocycles. The summed E-state index contributed by atoms with van der Waals surface area (Å²) in [7, 11) is 0. The Balaban J connectivity index is 1.53. The second-order valence-corrected chi connectivity index (χ2v) is 8.43. The van der Waals surface area contributed by atoms with E-state index in [4.69, 9.17) is 5.10 Å². The van der Waals surface area contributed by atoms with Gasteiger partial charge in [0.05, 0.1) is 5.69 Å². The van der Waals surface area contributed by atoms with Gasteiger partial charge in [-0.25, -0.2) is 4.98 Å². The first kappa shape index (κ1) is 14.9. The fraction of sp³-hybridized carbons (Fsp3) is 0.474. The highest BCUT2D eigenvalue weighted by atomic mass is 32.1. The van der Waals surface area contributed by atoms with Gasteiger partial charge >= 0.3 is 0 Å². The molecular formula is C19H23N3S. The summed E-state index contributed by atoms with van der Waals surface area (Å²) in [6.45, 7) is 7.20. The zero-order valence-corrected chi connectivity index (χ0v) is 14.8. The molecule has 2 atom stereocenters. The summed E-state index contributed by atoms with van der Waals surface area (Å²) >= 11 is 1.62. The van der Waals surface area contributed by atoms with Gasteiger partial charge in [0.25, 0.3) is 0 Å². The summed E-state index contributed by atoms with van der Waals surface area (Å²) in [6.07, 6.45) is 3.74. The minimum atomic E-state index is 0.240. The third kappa shape index (κ3) is 2.23. The molecule has 2 fully saturated rings.